The van der Waals surface area contributed by atoms with Crippen molar-refractivity contribution in [2.75, 3.05) is 0 Å². The summed E-state index contributed by atoms with van der Waals surface area (Å²) in [5.41, 5.74) is 22.0. The quantitative estimate of drug-likeness (QED) is 0.142. The molecule has 0 aliphatic rings. The Labute approximate surface area is 777 Å². The number of para-hydroxylation sites is 4. The van der Waals surface area contributed by atoms with E-state index in [2.05, 4.69) is 467 Å². The minimum Gasteiger partial charge on any atom is -0.309 e. The van der Waals surface area contributed by atoms with Crippen LogP contribution in [0.1, 0.15) is 0 Å². The fourth-order valence-corrected chi connectivity index (χ4v) is 24.3. The van der Waals surface area contributed by atoms with Crippen LogP contribution in [0.3, 0.4) is 0 Å². The van der Waals surface area contributed by atoms with E-state index in [0.29, 0.717) is 0 Å². The molecule has 32 rings (SSSR count). The topological polar surface area (TPSA) is 45.5 Å². The Morgan fingerprint density at radius 3 is 0.772 bits per heavy atom. The normalized spacial score (nSPS) is 12.4. The van der Waals surface area contributed by atoms with E-state index < -0.39 is 0 Å². The number of hydrogen-bond acceptors (Lipinski definition) is 2. The molecule has 26 aromatic carbocycles. The fraction of sp³-hybridized carbons (Fsp3) is 0. The van der Waals surface area contributed by atoms with Crippen molar-refractivity contribution in [1.82, 2.24) is 28.2 Å². The van der Waals surface area contributed by atoms with Gasteiger partial charge in [-0.15, -0.1) is 0 Å². The maximum Gasteiger partial charge on any atom is 0.0730 e. The van der Waals surface area contributed by atoms with Crippen LogP contribution in [0.15, 0.2) is 449 Å². The van der Waals surface area contributed by atoms with Crippen molar-refractivity contribution in [3.05, 3.63) is 449 Å². The van der Waals surface area contributed by atoms with Gasteiger partial charge in [0.05, 0.1) is 84.0 Å². The lowest BCUT2D eigenvalue weighted by Crippen LogP contribution is -1.99. The summed E-state index contributed by atoms with van der Waals surface area (Å²) in [4.78, 5) is 11.4. The maximum absolute atomic E-state index is 5.68. The first kappa shape index (κ1) is 73.7. The van der Waals surface area contributed by atoms with Gasteiger partial charge in [-0.3, -0.25) is 0 Å². The average molecular weight is 1720 g/mol. The predicted molar refractivity (Wildman–Crippen MR) is 577 cm³/mol. The molecule has 0 N–H and O–H groups in total. The zero-order valence-corrected chi connectivity index (χ0v) is 73.4. The molecule has 624 valence electrons. The first-order chi connectivity index (χ1) is 67.4. The number of rotatable bonds is 8. The van der Waals surface area contributed by atoms with Crippen molar-refractivity contribution < 1.29 is 0 Å². The molecule has 0 aliphatic carbocycles. The number of fused-ring (bicyclic) bond motifs is 16. The number of aromatic nitrogens is 6. The molecule has 0 saturated carbocycles. The van der Waals surface area contributed by atoms with Crippen LogP contribution in [0.25, 0.3) is 306 Å². The summed E-state index contributed by atoms with van der Waals surface area (Å²) in [6.45, 7) is 0. The monoisotopic (exact) mass is 1720 g/mol. The molecular weight excluding hydrogens is 1650 g/mol. The van der Waals surface area contributed by atoms with Gasteiger partial charge in [0.1, 0.15) is 0 Å². The van der Waals surface area contributed by atoms with Gasteiger partial charge in [-0.2, -0.15) is 0 Å². The van der Waals surface area contributed by atoms with Crippen LogP contribution in [0.2, 0.25) is 0 Å². The largest absolute Gasteiger partial charge is 0.309 e. The van der Waals surface area contributed by atoms with Crippen LogP contribution < -0.4 is 0 Å². The summed E-state index contributed by atoms with van der Waals surface area (Å²) in [5.74, 6) is 0. The minimum atomic E-state index is 0.935. The van der Waals surface area contributed by atoms with Crippen LogP contribution >= 0.6 is 0 Å². The van der Waals surface area contributed by atoms with Crippen LogP contribution in [-0.4, -0.2) is 28.2 Å². The number of pyridine rings is 2. The molecule has 6 heteroatoms. The minimum absolute atomic E-state index is 0.935. The van der Waals surface area contributed by atoms with Crippen LogP contribution in [0.4, 0.5) is 0 Å². The van der Waals surface area contributed by atoms with E-state index in [1.807, 2.05) is 0 Å². The molecule has 0 amide bonds. The van der Waals surface area contributed by atoms with Gasteiger partial charge in [0.2, 0.25) is 0 Å². The van der Waals surface area contributed by atoms with E-state index in [4.69, 9.17) is 9.97 Å². The fourth-order valence-electron chi connectivity index (χ4n) is 24.3. The zero-order valence-electron chi connectivity index (χ0n) is 73.4. The Hall–Kier alpha value is -18.1. The molecule has 0 saturated heterocycles. The van der Waals surface area contributed by atoms with Crippen LogP contribution in [0.5, 0.6) is 0 Å². The standard InChI is InChI=1S/2C65H37N3/c1-2-16-50-38(10-1)11-9-21-56(50)68-58-20-6-4-18-53(58)64-59(68)31-30-52-51-17-3-5-19-57(51)67(65(52)64)49-36-54(47-32-43-26-22-39-12-7-13-40-23-27-44(33-47)62(43)60(39)40)66-55(37-49)48-34-45-28-24-41-14-8-15-42-25-29-46(35-48)63(45)61(41)42;1-2-10-43-35-50(28-27-38(43)9-1)67-58-18-6-4-16-54(58)64-59(67)30-29-53-52-15-3-5-17-57(52)68(65(53)64)51-36-55(48-31-44-23-19-39-11-7-12-40-20-24-45(32-48)62(44)60(39)40)66-56(37-51)49-33-46-25-21-41-13-8-14-42-22-26-47(34-49)63(46)61(41)42/h2*1-37H. The second kappa shape index (κ2) is 27.7. The second-order valence-electron chi connectivity index (χ2n) is 37.4. The maximum atomic E-state index is 5.68. The SMILES string of the molecule is c1ccc2c(-n3c4ccccc4c4c3ccc3c5ccccc5n(-c5cc(-c6cc7ccc8cccc9ccc(c6)c7c89)nc(-c6cc7ccc8cccc9ccc(c6)c7c89)c5)c34)cccc2c1.c1ccc2cc(-n3c4ccccc4c4c3ccc3c5ccccc5n(-c5cc(-c6cc7ccc8cccc9ccc(c6)c7c89)nc(-c6cc7ccc8cccc9ccc(c6)c7c89)c5)c34)ccc2c1. The first-order valence-corrected chi connectivity index (χ1v) is 47.0. The van der Waals surface area contributed by atoms with Gasteiger partial charge in [0.25, 0.3) is 0 Å². The van der Waals surface area contributed by atoms with Crippen molar-refractivity contribution in [2.45, 2.75) is 0 Å². The van der Waals surface area contributed by atoms with E-state index in [1.165, 1.54) is 233 Å². The highest BCUT2D eigenvalue weighted by Crippen LogP contribution is 2.51. The van der Waals surface area contributed by atoms with Gasteiger partial charge >= 0.3 is 0 Å². The van der Waals surface area contributed by atoms with Gasteiger partial charge in [-0.05, 0) is 273 Å². The lowest BCUT2D eigenvalue weighted by atomic mass is 9.91. The van der Waals surface area contributed by atoms with Gasteiger partial charge in [-0.1, -0.05) is 322 Å². The molecule has 0 aliphatic heterocycles. The summed E-state index contributed by atoms with van der Waals surface area (Å²) in [6.07, 6.45) is 0. The van der Waals surface area contributed by atoms with Crippen LogP contribution in [0, 0.1) is 0 Å². The smallest absolute Gasteiger partial charge is 0.0730 e. The molecule has 0 unspecified atom stereocenters. The van der Waals surface area contributed by atoms with Crippen molar-refractivity contribution >= 4 is 238 Å². The highest BCUT2D eigenvalue weighted by atomic mass is 15.0. The summed E-state index contributed by atoms with van der Waals surface area (Å²) in [6, 6.07) is 167. The lowest BCUT2D eigenvalue weighted by Gasteiger charge is -2.17. The Kier molecular flexibility index (Phi) is 15.0. The van der Waals surface area contributed by atoms with Crippen molar-refractivity contribution in [3.63, 3.8) is 0 Å². The van der Waals surface area contributed by atoms with Gasteiger partial charge in [0, 0.05) is 76.4 Å². The second-order valence-corrected chi connectivity index (χ2v) is 37.4. The van der Waals surface area contributed by atoms with Crippen molar-refractivity contribution in [1.29, 1.82) is 0 Å². The molecule has 0 radical (unpaired) electrons. The molecule has 6 aromatic heterocycles. The molecular formula is C130H74N6. The van der Waals surface area contributed by atoms with E-state index >= 15 is 0 Å². The number of benzene rings is 26. The summed E-state index contributed by atoms with van der Waals surface area (Å²) < 4.78 is 9.98. The number of nitrogens with zero attached hydrogens (tertiary/aromatic N) is 6. The third-order valence-electron chi connectivity index (χ3n) is 30.1. The lowest BCUT2D eigenvalue weighted by molar-refractivity contribution is 1.16. The Bertz CT molecular complexity index is 10200. The summed E-state index contributed by atoms with van der Waals surface area (Å²) in [5, 5.41) is 45.1. The third kappa shape index (κ3) is 10.5. The number of hydrogen-bond donors (Lipinski definition) is 0. The van der Waals surface area contributed by atoms with Crippen LogP contribution in [-0.2, 0) is 0 Å². The third-order valence-corrected chi connectivity index (χ3v) is 30.1. The van der Waals surface area contributed by atoms with Gasteiger partial charge in [-0.25, -0.2) is 9.97 Å². The highest BCUT2D eigenvalue weighted by Gasteiger charge is 2.28. The van der Waals surface area contributed by atoms with E-state index in [-0.39, 0.29) is 0 Å². The molecule has 6 nitrogen and oxygen atoms in total. The predicted octanol–water partition coefficient (Wildman–Crippen LogP) is 35.1. The van der Waals surface area contributed by atoms with Gasteiger partial charge in [0.15, 0.2) is 0 Å². The average Bonchev–Trinajstić information content (AvgIpc) is 1.54. The van der Waals surface area contributed by atoms with Gasteiger partial charge < -0.3 is 18.3 Å². The molecule has 32 aromatic rings. The van der Waals surface area contributed by atoms with E-state index in [1.54, 1.807) is 0 Å². The van der Waals surface area contributed by atoms with E-state index in [0.717, 1.165) is 73.1 Å². The highest BCUT2D eigenvalue weighted by molar-refractivity contribution is 6.32. The summed E-state index contributed by atoms with van der Waals surface area (Å²) in [7, 11) is 0. The molecule has 0 atom stereocenters. The first-order valence-electron chi connectivity index (χ1n) is 47.0. The molecule has 0 fully saturated rings. The molecule has 6 heterocycles. The molecule has 0 spiro atoms. The van der Waals surface area contributed by atoms with E-state index in [9.17, 15) is 0 Å². The Balaban J connectivity index is 0.000000127. The summed E-state index contributed by atoms with van der Waals surface area (Å²) >= 11 is 0. The molecule has 0 bridgehead atoms. The van der Waals surface area contributed by atoms with Crippen molar-refractivity contribution in [3.8, 4) is 67.8 Å². The molecule has 136 heavy (non-hydrogen) atoms. The zero-order chi connectivity index (χ0) is 88.4. The Morgan fingerprint density at radius 2 is 0.397 bits per heavy atom. The van der Waals surface area contributed by atoms with Crippen molar-refractivity contribution in [2.24, 2.45) is 0 Å². The Morgan fingerprint density at radius 1 is 0.132 bits per heavy atom.